The maximum absolute atomic E-state index is 12.4. The van der Waals surface area contributed by atoms with E-state index < -0.39 is 0 Å². The molecule has 2 aromatic carbocycles. The first kappa shape index (κ1) is 17.7. The number of amides is 2. The standard InChI is InChI=1S/C22H28N4O/c27-22(23-18-19-6-2-1-3-7-19)26-16-14-25(15-17-26)21-10-8-20(9-11-21)24-12-4-5-13-24/h1-3,6-11H,4-5,12-18H2,(H,23,27). The van der Waals surface area contributed by atoms with Crippen molar-refractivity contribution < 1.29 is 4.79 Å². The van der Waals surface area contributed by atoms with Crippen molar-refractivity contribution in [2.45, 2.75) is 19.4 Å². The lowest BCUT2D eigenvalue weighted by molar-refractivity contribution is 0.194. The molecule has 5 nitrogen and oxygen atoms in total. The third-order valence-corrected chi connectivity index (χ3v) is 5.54. The van der Waals surface area contributed by atoms with Crippen molar-refractivity contribution in [3.63, 3.8) is 0 Å². The Kier molecular flexibility index (Phi) is 5.47. The molecule has 0 aliphatic carbocycles. The molecule has 0 atom stereocenters. The number of piperazine rings is 1. The van der Waals surface area contributed by atoms with Crippen LogP contribution in [0.2, 0.25) is 0 Å². The van der Waals surface area contributed by atoms with E-state index in [1.54, 1.807) is 0 Å². The highest BCUT2D eigenvalue weighted by Gasteiger charge is 2.21. The zero-order valence-corrected chi connectivity index (χ0v) is 15.8. The first-order chi connectivity index (χ1) is 13.3. The van der Waals surface area contributed by atoms with E-state index in [1.807, 2.05) is 35.2 Å². The summed E-state index contributed by atoms with van der Waals surface area (Å²) in [6, 6.07) is 19.0. The largest absolute Gasteiger partial charge is 0.372 e. The molecular weight excluding hydrogens is 336 g/mol. The Morgan fingerprint density at radius 3 is 1.89 bits per heavy atom. The molecule has 2 aliphatic rings. The third-order valence-electron chi connectivity index (χ3n) is 5.54. The van der Waals surface area contributed by atoms with Crippen LogP contribution in [0.15, 0.2) is 54.6 Å². The van der Waals surface area contributed by atoms with Crippen LogP contribution in [0.25, 0.3) is 0 Å². The maximum Gasteiger partial charge on any atom is 0.317 e. The van der Waals surface area contributed by atoms with E-state index in [-0.39, 0.29) is 6.03 Å². The lowest BCUT2D eigenvalue weighted by atomic mass is 10.2. The van der Waals surface area contributed by atoms with Gasteiger partial charge in [-0.1, -0.05) is 30.3 Å². The van der Waals surface area contributed by atoms with E-state index in [0.29, 0.717) is 6.54 Å². The third kappa shape index (κ3) is 4.35. The first-order valence-corrected chi connectivity index (χ1v) is 9.96. The highest BCUT2D eigenvalue weighted by molar-refractivity contribution is 5.74. The van der Waals surface area contributed by atoms with Gasteiger partial charge in [0.15, 0.2) is 0 Å². The SMILES string of the molecule is O=C(NCc1ccccc1)N1CCN(c2ccc(N3CCCC3)cc2)CC1. The fourth-order valence-electron chi connectivity index (χ4n) is 3.90. The van der Waals surface area contributed by atoms with Gasteiger partial charge >= 0.3 is 6.03 Å². The second-order valence-electron chi connectivity index (χ2n) is 7.33. The van der Waals surface area contributed by atoms with Crippen molar-refractivity contribution in [2.75, 3.05) is 49.1 Å². The van der Waals surface area contributed by atoms with Crippen LogP contribution in [0.4, 0.5) is 16.2 Å². The number of nitrogens with zero attached hydrogens (tertiary/aromatic N) is 3. The Morgan fingerprint density at radius 1 is 0.741 bits per heavy atom. The summed E-state index contributed by atoms with van der Waals surface area (Å²) in [5, 5.41) is 3.02. The Bertz CT molecular complexity index is 733. The van der Waals surface area contributed by atoms with Crippen LogP contribution in [0, 0.1) is 0 Å². The second kappa shape index (κ2) is 8.33. The van der Waals surface area contributed by atoms with E-state index >= 15 is 0 Å². The number of anilines is 2. The van der Waals surface area contributed by atoms with E-state index in [2.05, 4.69) is 39.4 Å². The van der Waals surface area contributed by atoms with E-state index in [1.165, 1.54) is 37.3 Å². The number of rotatable bonds is 4. The summed E-state index contributed by atoms with van der Waals surface area (Å²) in [6.45, 7) is 6.21. The molecule has 1 N–H and O–H groups in total. The number of nitrogens with one attached hydrogen (secondary N) is 1. The molecule has 2 aromatic rings. The smallest absolute Gasteiger partial charge is 0.317 e. The zero-order valence-electron chi connectivity index (χ0n) is 15.8. The summed E-state index contributed by atoms with van der Waals surface area (Å²) >= 11 is 0. The van der Waals surface area contributed by atoms with Crippen molar-refractivity contribution in [1.82, 2.24) is 10.2 Å². The van der Waals surface area contributed by atoms with Crippen molar-refractivity contribution in [2.24, 2.45) is 0 Å². The average Bonchev–Trinajstić information content (AvgIpc) is 3.28. The van der Waals surface area contributed by atoms with Crippen LogP contribution < -0.4 is 15.1 Å². The zero-order chi connectivity index (χ0) is 18.5. The fraction of sp³-hybridized carbons (Fsp3) is 0.409. The monoisotopic (exact) mass is 364 g/mol. The predicted octanol–water partition coefficient (Wildman–Crippen LogP) is 3.32. The Hall–Kier alpha value is -2.69. The Morgan fingerprint density at radius 2 is 1.30 bits per heavy atom. The summed E-state index contributed by atoms with van der Waals surface area (Å²) in [5.41, 5.74) is 3.71. The molecule has 2 aliphatic heterocycles. The average molecular weight is 364 g/mol. The van der Waals surface area contributed by atoms with Gasteiger partial charge in [-0.2, -0.15) is 0 Å². The van der Waals surface area contributed by atoms with Crippen molar-refractivity contribution in [3.8, 4) is 0 Å². The lowest BCUT2D eigenvalue weighted by Gasteiger charge is -2.36. The molecule has 0 radical (unpaired) electrons. The van der Waals surface area contributed by atoms with Gasteiger partial charge in [-0.25, -0.2) is 4.79 Å². The number of carbonyl (C=O) groups is 1. The predicted molar refractivity (Wildman–Crippen MR) is 110 cm³/mol. The van der Waals surface area contributed by atoms with E-state index in [9.17, 15) is 4.79 Å². The fourth-order valence-corrected chi connectivity index (χ4v) is 3.90. The summed E-state index contributed by atoms with van der Waals surface area (Å²) in [5.74, 6) is 0. The van der Waals surface area contributed by atoms with Crippen LogP contribution in [-0.2, 0) is 6.54 Å². The van der Waals surface area contributed by atoms with Gasteiger partial charge < -0.3 is 20.0 Å². The molecule has 2 fully saturated rings. The van der Waals surface area contributed by atoms with Crippen LogP contribution in [0.5, 0.6) is 0 Å². The quantitative estimate of drug-likeness (QED) is 0.905. The van der Waals surface area contributed by atoms with Gasteiger partial charge in [-0.05, 0) is 42.7 Å². The molecule has 0 bridgehead atoms. The topological polar surface area (TPSA) is 38.8 Å². The van der Waals surface area contributed by atoms with Gasteiger partial charge in [0.2, 0.25) is 0 Å². The molecule has 2 amide bonds. The summed E-state index contributed by atoms with van der Waals surface area (Å²) in [4.78, 5) is 19.1. The number of benzene rings is 2. The normalized spacial score (nSPS) is 17.3. The molecule has 2 saturated heterocycles. The number of carbonyl (C=O) groups excluding carboxylic acids is 1. The van der Waals surface area contributed by atoms with Gasteiger partial charge in [-0.3, -0.25) is 0 Å². The van der Waals surface area contributed by atoms with Crippen molar-refractivity contribution in [3.05, 3.63) is 60.2 Å². The lowest BCUT2D eigenvalue weighted by Crippen LogP contribution is -2.51. The minimum atomic E-state index is 0.0304. The van der Waals surface area contributed by atoms with Crippen LogP contribution in [0.1, 0.15) is 18.4 Å². The van der Waals surface area contributed by atoms with Crippen LogP contribution >= 0.6 is 0 Å². The minimum absolute atomic E-state index is 0.0304. The van der Waals surface area contributed by atoms with Gasteiger partial charge in [0.25, 0.3) is 0 Å². The highest BCUT2D eigenvalue weighted by atomic mass is 16.2. The molecule has 0 aromatic heterocycles. The van der Waals surface area contributed by atoms with Gasteiger partial charge in [0, 0.05) is 57.2 Å². The van der Waals surface area contributed by atoms with Gasteiger partial charge in [0.1, 0.15) is 0 Å². The highest BCUT2D eigenvalue weighted by Crippen LogP contribution is 2.24. The molecular formula is C22H28N4O. The number of urea groups is 1. The van der Waals surface area contributed by atoms with Gasteiger partial charge in [-0.15, -0.1) is 0 Å². The molecule has 5 heteroatoms. The van der Waals surface area contributed by atoms with Gasteiger partial charge in [0.05, 0.1) is 0 Å². The molecule has 27 heavy (non-hydrogen) atoms. The minimum Gasteiger partial charge on any atom is -0.372 e. The summed E-state index contributed by atoms with van der Waals surface area (Å²) in [7, 11) is 0. The molecule has 142 valence electrons. The first-order valence-electron chi connectivity index (χ1n) is 9.96. The van der Waals surface area contributed by atoms with Crippen molar-refractivity contribution >= 4 is 17.4 Å². The Balaban J connectivity index is 1.26. The molecule has 2 heterocycles. The molecule has 0 unspecified atom stereocenters. The van der Waals surface area contributed by atoms with E-state index in [0.717, 1.165) is 31.7 Å². The molecule has 0 saturated carbocycles. The summed E-state index contributed by atoms with van der Waals surface area (Å²) < 4.78 is 0. The number of hydrogen-bond donors (Lipinski definition) is 1. The molecule has 0 spiro atoms. The Labute approximate surface area is 161 Å². The van der Waals surface area contributed by atoms with Crippen molar-refractivity contribution in [1.29, 1.82) is 0 Å². The summed E-state index contributed by atoms with van der Waals surface area (Å²) in [6.07, 6.45) is 2.60. The van der Waals surface area contributed by atoms with Crippen LogP contribution in [-0.4, -0.2) is 50.2 Å². The molecule has 4 rings (SSSR count). The van der Waals surface area contributed by atoms with Crippen LogP contribution in [0.3, 0.4) is 0 Å². The maximum atomic E-state index is 12.4. The van der Waals surface area contributed by atoms with E-state index in [4.69, 9.17) is 0 Å². The second-order valence-corrected chi connectivity index (χ2v) is 7.33. The number of hydrogen-bond acceptors (Lipinski definition) is 3.